The van der Waals surface area contributed by atoms with E-state index in [0.717, 1.165) is 11.5 Å². The first-order valence-electron chi connectivity index (χ1n) is 7.22. The second-order valence-corrected chi connectivity index (χ2v) is 5.87. The van der Waals surface area contributed by atoms with Gasteiger partial charge in [0.15, 0.2) is 0 Å². The minimum absolute atomic E-state index is 0.0735. The predicted molar refractivity (Wildman–Crippen MR) is 91.4 cm³/mol. The molecule has 0 radical (unpaired) electrons. The molecule has 5 nitrogen and oxygen atoms in total. The largest absolute Gasteiger partial charge is 0.325 e. The zero-order valence-electron chi connectivity index (χ0n) is 12.4. The molecule has 0 spiro atoms. The molecule has 2 N–H and O–H groups in total. The van der Waals surface area contributed by atoms with E-state index in [-0.39, 0.29) is 11.7 Å². The van der Waals surface area contributed by atoms with Crippen molar-refractivity contribution >= 4 is 23.4 Å². The van der Waals surface area contributed by atoms with Gasteiger partial charge < -0.3 is 5.32 Å². The van der Waals surface area contributed by atoms with Crippen molar-refractivity contribution in [3.05, 3.63) is 72.1 Å². The van der Waals surface area contributed by atoms with E-state index in [1.54, 1.807) is 0 Å². The third-order valence-corrected chi connectivity index (χ3v) is 3.96. The number of aromatic amines is 1. The Hall–Kier alpha value is -2.60. The summed E-state index contributed by atoms with van der Waals surface area (Å²) in [6.07, 6.45) is 0.699. The molecule has 6 heteroatoms. The van der Waals surface area contributed by atoms with Crippen molar-refractivity contribution in [1.29, 1.82) is 0 Å². The second kappa shape index (κ2) is 7.60. The number of hydrogen-bond acceptors (Lipinski definition) is 4. The van der Waals surface area contributed by atoms with Crippen LogP contribution >= 0.6 is 11.8 Å². The Bertz CT molecular complexity index is 759. The fraction of sp³-hybridized carbons (Fsp3) is 0.118. The number of thioether (sulfide) groups is 1. The molecule has 0 aliphatic carbocycles. The van der Waals surface area contributed by atoms with Gasteiger partial charge in [0.1, 0.15) is 5.82 Å². The maximum atomic E-state index is 11.9. The number of hydrogen-bond donors (Lipinski definition) is 2. The topological polar surface area (TPSA) is 70.7 Å². The van der Waals surface area contributed by atoms with Crippen LogP contribution in [0.4, 0.5) is 5.69 Å². The van der Waals surface area contributed by atoms with Gasteiger partial charge in [-0.3, -0.25) is 9.89 Å². The smallest absolute Gasteiger partial charge is 0.234 e. The fourth-order valence-electron chi connectivity index (χ4n) is 2.06. The van der Waals surface area contributed by atoms with Crippen molar-refractivity contribution < 1.29 is 4.79 Å². The van der Waals surface area contributed by atoms with Crippen LogP contribution in [0.5, 0.6) is 0 Å². The van der Waals surface area contributed by atoms with Crippen LogP contribution in [0.2, 0.25) is 0 Å². The molecule has 2 aromatic carbocycles. The Morgan fingerprint density at radius 1 is 1.04 bits per heavy atom. The van der Waals surface area contributed by atoms with E-state index in [2.05, 4.69) is 20.5 Å². The monoisotopic (exact) mass is 324 g/mol. The van der Waals surface area contributed by atoms with Crippen LogP contribution in [0.25, 0.3) is 0 Å². The average Bonchev–Trinajstić information content (AvgIpc) is 3.02. The summed E-state index contributed by atoms with van der Waals surface area (Å²) in [6.45, 7) is 0. The number of H-pyrrole nitrogens is 1. The summed E-state index contributed by atoms with van der Waals surface area (Å²) in [6, 6.07) is 19.4. The predicted octanol–water partition coefficient (Wildman–Crippen LogP) is 3.13. The molecule has 0 atom stereocenters. The average molecular weight is 324 g/mol. The molecule has 0 aliphatic heterocycles. The molecule has 3 aromatic rings. The highest BCUT2D eigenvalue weighted by atomic mass is 32.2. The number of benzene rings is 2. The Kier molecular flexibility index (Phi) is 5.06. The lowest BCUT2D eigenvalue weighted by Crippen LogP contribution is -2.13. The number of carbonyl (C=O) groups is 1. The number of para-hydroxylation sites is 1. The van der Waals surface area contributed by atoms with Crippen molar-refractivity contribution in [3.63, 3.8) is 0 Å². The molecule has 1 aromatic heterocycles. The van der Waals surface area contributed by atoms with E-state index in [1.807, 2.05) is 60.7 Å². The maximum Gasteiger partial charge on any atom is 0.234 e. The number of aromatic nitrogens is 3. The van der Waals surface area contributed by atoms with Crippen molar-refractivity contribution in [1.82, 2.24) is 15.2 Å². The van der Waals surface area contributed by atoms with E-state index < -0.39 is 0 Å². The molecule has 0 saturated carbocycles. The summed E-state index contributed by atoms with van der Waals surface area (Å²) in [7, 11) is 0. The van der Waals surface area contributed by atoms with Gasteiger partial charge in [0.2, 0.25) is 11.1 Å². The second-order valence-electron chi connectivity index (χ2n) is 4.93. The van der Waals surface area contributed by atoms with Crippen molar-refractivity contribution in [2.75, 3.05) is 11.1 Å². The van der Waals surface area contributed by atoms with Crippen molar-refractivity contribution in [3.8, 4) is 0 Å². The quantitative estimate of drug-likeness (QED) is 0.684. The molecule has 1 amide bonds. The molecule has 23 heavy (non-hydrogen) atoms. The van der Waals surface area contributed by atoms with Crippen LogP contribution in [0.15, 0.2) is 65.8 Å². The number of nitrogens with one attached hydrogen (secondary N) is 2. The Labute approximate surface area is 138 Å². The normalized spacial score (nSPS) is 10.4. The third kappa shape index (κ3) is 4.69. The molecule has 1 heterocycles. The minimum atomic E-state index is -0.0735. The summed E-state index contributed by atoms with van der Waals surface area (Å²) in [4.78, 5) is 16.3. The van der Waals surface area contributed by atoms with Crippen LogP contribution in [-0.2, 0) is 11.2 Å². The highest BCUT2D eigenvalue weighted by Gasteiger charge is 2.08. The summed E-state index contributed by atoms with van der Waals surface area (Å²) in [5.41, 5.74) is 1.96. The Morgan fingerprint density at radius 2 is 1.74 bits per heavy atom. The number of rotatable bonds is 6. The van der Waals surface area contributed by atoms with Crippen molar-refractivity contribution in [2.24, 2.45) is 0 Å². The highest BCUT2D eigenvalue weighted by molar-refractivity contribution is 7.99. The molecular weight excluding hydrogens is 308 g/mol. The van der Waals surface area contributed by atoms with Gasteiger partial charge in [-0.1, -0.05) is 60.3 Å². The van der Waals surface area contributed by atoms with E-state index in [0.29, 0.717) is 11.6 Å². The molecule has 0 bridgehead atoms. The van der Waals surface area contributed by atoms with Gasteiger partial charge in [-0.2, -0.15) is 0 Å². The van der Waals surface area contributed by atoms with Crippen LogP contribution in [-0.4, -0.2) is 26.8 Å². The first-order valence-corrected chi connectivity index (χ1v) is 8.21. The molecule has 3 rings (SSSR count). The molecule has 0 saturated heterocycles. The van der Waals surface area contributed by atoms with Crippen LogP contribution in [0.1, 0.15) is 11.4 Å². The van der Waals surface area contributed by atoms with Crippen LogP contribution < -0.4 is 5.32 Å². The van der Waals surface area contributed by atoms with Crippen LogP contribution in [0.3, 0.4) is 0 Å². The lowest BCUT2D eigenvalue weighted by Gasteiger charge is -2.02. The van der Waals surface area contributed by atoms with E-state index >= 15 is 0 Å². The van der Waals surface area contributed by atoms with Crippen molar-refractivity contribution in [2.45, 2.75) is 11.6 Å². The van der Waals surface area contributed by atoms with E-state index in [4.69, 9.17) is 0 Å². The molecule has 0 fully saturated rings. The molecular formula is C17H16N4OS. The van der Waals surface area contributed by atoms with Gasteiger partial charge in [-0.05, 0) is 17.7 Å². The summed E-state index contributed by atoms with van der Waals surface area (Å²) in [5.74, 6) is 0.995. The van der Waals surface area contributed by atoms with Gasteiger partial charge in [-0.25, -0.2) is 4.98 Å². The summed E-state index contributed by atoms with van der Waals surface area (Å²) >= 11 is 1.31. The highest BCUT2D eigenvalue weighted by Crippen LogP contribution is 2.15. The summed E-state index contributed by atoms with van der Waals surface area (Å²) in [5, 5.41) is 10.5. The summed E-state index contributed by atoms with van der Waals surface area (Å²) < 4.78 is 0. The number of nitrogens with zero attached hydrogens (tertiary/aromatic N) is 2. The zero-order chi connectivity index (χ0) is 15.9. The zero-order valence-corrected chi connectivity index (χ0v) is 13.2. The van der Waals surface area contributed by atoms with E-state index in [1.165, 1.54) is 17.3 Å². The van der Waals surface area contributed by atoms with E-state index in [9.17, 15) is 4.79 Å². The minimum Gasteiger partial charge on any atom is -0.325 e. The van der Waals surface area contributed by atoms with Gasteiger partial charge >= 0.3 is 0 Å². The number of amides is 1. The molecule has 0 aliphatic rings. The Balaban J connectivity index is 1.50. The third-order valence-electron chi connectivity index (χ3n) is 3.12. The van der Waals surface area contributed by atoms with Gasteiger partial charge in [-0.15, -0.1) is 5.10 Å². The lowest BCUT2D eigenvalue weighted by atomic mass is 10.1. The maximum absolute atomic E-state index is 11.9. The lowest BCUT2D eigenvalue weighted by molar-refractivity contribution is -0.113. The van der Waals surface area contributed by atoms with Gasteiger partial charge in [0, 0.05) is 12.1 Å². The number of carbonyl (C=O) groups excluding carboxylic acids is 1. The first kappa shape index (κ1) is 15.3. The first-order chi connectivity index (χ1) is 11.3. The Morgan fingerprint density at radius 3 is 2.48 bits per heavy atom. The SMILES string of the molecule is O=C(CSc1n[nH]c(Cc2ccccc2)n1)Nc1ccccc1. The number of anilines is 1. The standard InChI is InChI=1S/C17H16N4OS/c22-16(18-14-9-5-2-6-10-14)12-23-17-19-15(20-21-17)11-13-7-3-1-4-8-13/h1-10H,11-12H2,(H,18,22)(H,19,20,21). The van der Waals surface area contributed by atoms with Gasteiger partial charge in [0.05, 0.1) is 5.75 Å². The fourth-order valence-corrected chi connectivity index (χ4v) is 2.68. The molecule has 116 valence electrons. The van der Waals surface area contributed by atoms with Crippen LogP contribution in [0, 0.1) is 0 Å². The molecule has 0 unspecified atom stereocenters. The van der Waals surface area contributed by atoms with Gasteiger partial charge in [0.25, 0.3) is 0 Å².